The highest BCUT2D eigenvalue weighted by molar-refractivity contribution is 5.65. The van der Waals surface area contributed by atoms with Crippen molar-refractivity contribution in [3.8, 4) is 11.1 Å². The molecule has 0 heterocycles. The van der Waals surface area contributed by atoms with Crippen LogP contribution in [-0.2, 0) is 6.42 Å². The molecule has 0 N–H and O–H groups in total. The molecule has 4 rings (SSSR count). The van der Waals surface area contributed by atoms with E-state index in [2.05, 4.69) is 25.1 Å². The summed E-state index contributed by atoms with van der Waals surface area (Å²) in [6, 6.07) is 10.7. The molecular formula is C23H26F2. The van der Waals surface area contributed by atoms with Crippen molar-refractivity contribution in [2.75, 3.05) is 0 Å². The Kier molecular flexibility index (Phi) is 4.62. The lowest BCUT2D eigenvalue weighted by Crippen LogP contribution is -2.28. The lowest BCUT2D eigenvalue weighted by Gasteiger charge is -2.40. The standard InChI is InChI=1S/C23H26F2/c1-2-3-15-4-9-20-18(12-15)5-6-19-13-16(7-10-21(19)20)17-8-11-22(24)23(25)14-17/h7-8,10-11,13-15,18,20H,2-6,9,12H2,1H3/t15-,18-,20+/m1/s1. The van der Waals surface area contributed by atoms with E-state index in [1.165, 1.54) is 61.8 Å². The van der Waals surface area contributed by atoms with Crippen LogP contribution in [0.15, 0.2) is 36.4 Å². The maximum absolute atomic E-state index is 13.5. The van der Waals surface area contributed by atoms with Gasteiger partial charge >= 0.3 is 0 Å². The van der Waals surface area contributed by atoms with Crippen LogP contribution in [0.25, 0.3) is 11.1 Å². The highest BCUT2D eigenvalue weighted by atomic mass is 19.2. The topological polar surface area (TPSA) is 0 Å². The predicted octanol–water partition coefficient (Wildman–Crippen LogP) is 6.88. The molecule has 0 unspecified atom stereocenters. The van der Waals surface area contributed by atoms with Crippen molar-refractivity contribution in [2.45, 2.75) is 57.8 Å². The average Bonchev–Trinajstić information content (AvgIpc) is 2.63. The molecule has 1 saturated carbocycles. The second-order valence-electron chi connectivity index (χ2n) is 7.92. The molecule has 2 aliphatic rings. The number of halogens is 2. The largest absolute Gasteiger partial charge is 0.204 e. The summed E-state index contributed by atoms with van der Waals surface area (Å²) in [5, 5.41) is 0. The van der Waals surface area contributed by atoms with E-state index in [-0.39, 0.29) is 0 Å². The molecule has 0 amide bonds. The zero-order chi connectivity index (χ0) is 17.4. The minimum Gasteiger partial charge on any atom is -0.204 e. The molecule has 0 aliphatic heterocycles. The van der Waals surface area contributed by atoms with Gasteiger partial charge in [-0.2, -0.15) is 0 Å². The maximum atomic E-state index is 13.5. The third-order valence-corrected chi connectivity index (χ3v) is 6.37. The third kappa shape index (κ3) is 3.23. The second kappa shape index (κ2) is 6.90. The quantitative estimate of drug-likeness (QED) is 0.571. The number of hydrogen-bond donors (Lipinski definition) is 0. The lowest BCUT2D eigenvalue weighted by molar-refractivity contribution is 0.201. The summed E-state index contributed by atoms with van der Waals surface area (Å²) in [5.41, 5.74) is 4.68. The summed E-state index contributed by atoms with van der Waals surface area (Å²) in [6.07, 6.45) is 9.14. The minimum atomic E-state index is -0.784. The first kappa shape index (κ1) is 16.8. The fourth-order valence-electron chi connectivity index (χ4n) is 5.14. The fourth-order valence-corrected chi connectivity index (χ4v) is 5.14. The molecule has 0 radical (unpaired) electrons. The van der Waals surface area contributed by atoms with E-state index in [4.69, 9.17) is 0 Å². The summed E-state index contributed by atoms with van der Waals surface area (Å²) >= 11 is 0. The van der Waals surface area contributed by atoms with Crippen molar-refractivity contribution >= 4 is 0 Å². The highest BCUT2D eigenvalue weighted by Gasteiger charge is 2.34. The van der Waals surface area contributed by atoms with E-state index >= 15 is 0 Å². The van der Waals surface area contributed by atoms with Gasteiger partial charge in [-0.05, 0) is 84.2 Å². The van der Waals surface area contributed by atoms with Crippen molar-refractivity contribution in [3.63, 3.8) is 0 Å². The molecule has 0 bridgehead atoms. The van der Waals surface area contributed by atoms with Gasteiger partial charge in [-0.3, -0.25) is 0 Å². The normalized spacial score (nSPS) is 25.3. The molecule has 2 aliphatic carbocycles. The maximum Gasteiger partial charge on any atom is 0.159 e. The molecule has 1 fully saturated rings. The molecule has 0 aromatic heterocycles. The van der Waals surface area contributed by atoms with Crippen LogP contribution in [0, 0.1) is 23.5 Å². The predicted molar refractivity (Wildman–Crippen MR) is 98.6 cm³/mol. The SMILES string of the molecule is CCC[C@@H]1CC[C@@H]2c3ccc(-c4ccc(F)c(F)c4)cc3CC[C@@H]2C1. The number of aryl methyl sites for hydroxylation is 1. The minimum absolute atomic E-state index is 0.705. The number of rotatable bonds is 3. The Morgan fingerprint density at radius 1 is 0.920 bits per heavy atom. The highest BCUT2D eigenvalue weighted by Crippen LogP contribution is 2.48. The fraction of sp³-hybridized carbons (Fsp3) is 0.478. The van der Waals surface area contributed by atoms with Gasteiger partial charge in [0.15, 0.2) is 11.6 Å². The first-order chi connectivity index (χ1) is 12.2. The van der Waals surface area contributed by atoms with E-state index < -0.39 is 11.6 Å². The van der Waals surface area contributed by atoms with Crippen LogP contribution in [-0.4, -0.2) is 0 Å². The smallest absolute Gasteiger partial charge is 0.159 e. The molecule has 2 aromatic rings. The first-order valence-electron chi connectivity index (χ1n) is 9.74. The van der Waals surface area contributed by atoms with Gasteiger partial charge in [0.25, 0.3) is 0 Å². The molecule has 2 heteroatoms. The molecule has 0 nitrogen and oxygen atoms in total. The van der Waals surface area contributed by atoms with Crippen LogP contribution >= 0.6 is 0 Å². The van der Waals surface area contributed by atoms with Crippen molar-refractivity contribution in [1.29, 1.82) is 0 Å². The summed E-state index contributed by atoms with van der Waals surface area (Å²) in [4.78, 5) is 0. The number of benzene rings is 2. The van der Waals surface area contributed by atoms with Gasteiger partial charge in [0.05, 0.1) is 0 Å². The van der Waals surface area contributed by atoms with Gasteiger partial charge in [-0.25, -0.2) is 8.78 Å². The van der Waals surface area contributed by atoms with Crippen LogP contribution in [0.1, 0.15) is 62.5 Å². The zero-order valence-electron chi connectivity index (χ0n) is 14.9. The summed E-state index contributed by atoms with van der Waals surface area (Å²) < 4.78 is 26.7. The monoisotopic (exact) mass is 340 g/mol. The van der Waals surface area contributed by atoms with Crippen molar-refractivity contribution < 1.29 is 8.78 Å². The first-order valence-corrected chi connectivity index (χ1v) is 9.74. The summed E-state index contributed by atoms with van der Waals surface area (Å²) in [7, 11) is 0. The van der Waals surface area contributed by atoms with Crippen LogP contribution in [0.4, 0.5) is 8.78 Å². The number of hydrogen-bond acceptors (Lipinski definition) is 0. The van der Waals surface area contributed by atoms with Gasteiger partial charge < -0.3 is 0 Å². The Balaban J connectivity index is 1.59. The molecule has 132 valence electrons. The van der Waals surface area contributed by atoms with Gasteiger partial charge in [0.2, 0.25) is 0 Å². The number of fused-ring (bicyclic) bond motifs is 3. The van der Waals surface area contributed by atoms with Crippen molar-refractivity contribution in [2.24, 2.45) is 11.8 Å². The van der Waals surface area contributed by atoms with Gasteiger partial charge in [-0.1, -0.05) is 44.0 Å². The van der Waals surface area contributed by atoms with Crippen LogP contribution in [0.5, 0.6) is 0 Å². The van der Waals surface area contributed by atoms with Crippen LogP contribution < -0.4 is 0 Å². The third-order valence-electron chi connectivity index (χ3n) is 6.37. The Hall–Kier alpha value is -1.70. The zero-order valence-corrected chi connectivity index (χ0v) is 14.9. The van der Waals surface area contributed by atoms with Crippen molar-refractivity contribution in [1.82, 2.24) is 0 Å². The molecule has 3 atom stereocenters. The second-order valence-corrected chi connectivity index (χ2v) is 7.92. The van der Waals surface area contributed by atoms with E-state index in [1.807, 2.05) is 0 Å². The summed E-state index contributed by atoms with van der Waals surface area (Å²) in [6.45, 7) is 2.29. The Labute approximate surface area is 149 Å². The van der Waals surface area contributed by atoms with Gasteiger partial charge in [0.1, 0.15) is 0 Å². The van der Waals surface area contributed by atoms with E-state index in [0.29, 0.717) is 5.92 Å². The van der Waals surface area contributed by atoms with E-state index in [0.717, 1.165) is 29.4 Å². The molecule has 2 aromatic carbocycles. The van der Waals surface area contributed by atoms with Crippen LogP contribution in [0.3, 0.4) is 0 Å². The van der Waals surface area contributed by atoms with E-state index in [9.17, 15) is 8.78 Å². The lowest BCUT2D eigenvalue weighted by atomic mass is 9.64. The van der Waals surface area contributed by atoms with Gasteiger partial charge in [0, 0.05) is 0 Å². The van der Waals surface area contributed by atoms with E-state index in [1.54, 1.807) is 6.07 Å². The Morgan fingerprint density at radius 2 is 1.72 bits per heavy atom. The van der Waals surface area contributed by atoms with Gasteiger partial charge in [-0.15, -0.1) is 0 Å². The molecule has 0 spiro atoms. The van der Waals surface area contributed by atoms with Crippen LogP contribution in [0.2, 0.25) is 0 Å². The Morgan fingerprint density at radius 3 is 2.52 bits per heavy atom. The van der Waals surface area contributed by atoms with Crippen molar-refractivity contribution in [3.05, 3.63) is 59.2 Å². The molecular weight excluding hydrogens is 314 g/mol. The molecule has 25 heavy (non-hydrogen) atoms. The average molecular weight is 340 g/mol. The Bertz CT molecular complexity index is 765. The molecule has 0 saturated heterocycles. The summed E-state index contributed by atoms with van der Waals surface area (Å²) in [5.74, 6) is 0.912.